The Balaban J connectivity index is 2.00. The Kier molecular flexibility index (Phi) is 5.54. The van der Waals surface area contributed by atoms with Crippen molar-refractivity contribution in [3.63, 3.8) is 0 Å². The van der Waals surface area contributed by atoms with Gasteiger partial charge in [-0.1, -0.05) is 52.9 Å². The van der Waals surface area contributed by atoms with E-state index in [4.69, 9.17) is 0 Å². The highest BCUT2D eigenvalue weighted by atomic mass is 15.2. The van der Waals surface area contributed by atoms with Gasteiger partial charge in [0, 0.05) is 12.1 Å². The summed E-state index contributed by atoms with van der Waals surface area (Å²) in [6.07, 6.45) is 13.0. The van der Waals surface area contributed by atoms with Crippen LogP contribution < -0.4 is 0 Å². The van der Waals surface area contributed by atoms with Crippen molar-refractivity contribution < 1.29 is 0 Å². The number of hydrogen-bond acceptors (Lipinski definition) is 1. The third-order valence-corrected chi connectivity index (χ3v) is 5.61. The molecule has 3 unspecified atom stereocenters. The van der Waals surface area contributed by atoms with Gasteiger partial charge < -0.3 is 0 Å². The first-order valence-corrected chi connectivity index (χ1v) is 8.57. The lowest BCUT2D eigenvalue weighted by atomic mass is 9.75. The first-order chi connectivity index (χ1) is 8.81. The lowest BCUT2D eigenvalue weighted by molar-refractivity contribution is 0.0179. The molecule has 2 aliphatic rings. The van der Waals surface area contributed by atoms with E-state index < -0.39 is 0 Å². The summed E-state index contributed by atoms with van der Waals surface area (Å²) in [5.41, 5.74) is 0. The first-order valence-electron chi connectivity index (χ1n) is 8.57. The topological polar surface area (TPSA) is 3.24 Å². The molecule has 0 aromatic rings. The third kappa shape index (κ3) is 2.92. The number of piperidine rings is 1. The quantitative estimate of drug-likeness (QED) is 0.610. The zero-order valence-corrected chi connectivity index (χ0v) is 12.8. The van der Waals surface area contributed by atoms with Crippen LogP contribution in [0.15, 0.2) is 0 Å². The van der Waals surface area contributed by atoms with E-state index in [2.05, 4.69) is 25.7 Å². The fourth-order valence-electron chi connectivity index (χ4n) is 4.59. The molecule has 0 aromatic heterocycles. The second-order valence-corrected chi connectivity index (χ2v) is 6.58. The molecule has 1 heteroatoms. The molecule has 0 spiro atoms. The van der Waals surface area contributed by atoms with Crippen molar-refractivity contribution in [1.29, 1.82) is 0 Å². The fourth-order valence-corrected chi connectivity index (χ4v) is 4.59. The van der Waals surface area contributed by atoms with Crippen LogP contribution in [0.3, 0.4) is 0 Å². The number of nitrogens with zero attached hydrogens (tertiary/aromatic N) is 1. The molecular formula is C17H33N. The number of hydrogen-bond donors (Lipinski definition) is 0. The highest BCUT2D eigenvalue weighted by Crippen LogP contribution is 2.42. The Bertz CT molecular complexity index is 238. The second-order valence-electron chi connectivity index (χ2n) is 6.58. The Hall–Kier alpha value is -0.0400. The maximum Gasteiger partial charge on any atom is 0.0127 e. The van der Waals surface area contributed by atoms with Gasteiger partial charge in [0.05, 0.1) is 0 Å². The molecule has 1 nitrogen and oxygen atoms in total. The van der Waals surface area contributed by atoms with E-state index in [1.807, 2.05) is 0 Å². The SMILES string of the molecule is CCCCCC1C(CC)CC(CC)[C@H]2CCCN12. The molecule has 0 bridgehead atoms. The largest absolute Gasteiger partial charge is 0.297 e. The molecule has 106 valence electrons. The van der Waals surface area contributed by atoms with E-state index in [1.165, 1.54) is 64.3 Å². The second kappa shape index (κ2) is 6.93. The van der Waals surface area contributed by atoms with Gasteiger partial charge >= 0.3 is 0 Å². The molecule has 0 aromatic carbocycles. The van der Waals surface area contributed by atoms with Gasteiger partial charge in [0.25, 0.3) is 0 Å². The van der Waals surface area contributed by atoms with E-state index in [0.29, 0.717) is 0 Å². The van der Waals surface area contributed by atoms with E-state index in [0.717, 1.165) is 23.9 Å². The van der Waals surface area contributed by atoms with Crippen molar-refractivity contribution in [2.75, 3.05) is 6.54 Å². The average Bonchev–Trinajstić information content (AvgIpc) is 2.88. The summed E-state index contributed by atoms with van der Waals surface area (Å²) in [6.45, 7) is 8.55. The number of fused-ring (bicyclic) bond motifs is 1. The third-order valence-electron chi connectivity index (χ3n) is 5.61. The minimum Gasteiger partial charge on any atom is -0.297 e. The molecule has 4 atom stereocenters. The monoisotopic (exact) mass is 251 g/mol. The predicted octanol–water partition coefficient (Wildman–Crippen LogP) is 4.86. The predicted molar refractivity (Wildman–Crippen MR) is 79.8 cm³/mol. The van der Waals surface area contributed by atoms with Crippen LogP contribution in [0.1, 0.15) is 78.6 Å². The lowest BCUT2D eigenvalue weighted by Gasteiger charge is -2.47. The molecule has 0 radical (unpaired) electrons. The summed E-state index contributed by atoms with van der Waals surface area (Å²) in [7, 11) is 0. The van der Waals surface area contributed by atoms with Crippen LogP contribution in [0.25, 0.3) is 0 Å². The smallest absolute Gasteiger partial charge is 0.0127 e. The van der Waals surface area contributed by atoms with Crippen LogP contribution >= 0.6 is 0 Å². The van der Waals surface area contributed by atoms with Crippen LogP contribution in [0, 0.1) is 11.8 Å². The van der Waals surface area contributed by atoms with Gasteiger partial charge in [0.15, 0.2) is 0 Å². The van der Waals surface area contributed by atoms with Gasteiger partial charge in [-0.15, -0.1) is 0 Å². The minimum absolute atomic E-state index is 0.928. The lowest BCUT2D eigenvalue weighted by Crippen LogP contribution is -2.51. The van der Waals surface area contributed by atoms with Gasteiger partial charge in [-0.2, -0.15) is 0 Å². The zero-order chi connectivity index (χ0) is 13.0. The van der Waals surface area contributed by atoms with Crippen LogP contribution in [-0.4, -0.2) is 23.5 Å². The summed E-state index contributed by atoms with van der Waals surface area (Å²) in [4.78, 5) is 2.93. The standard InChI is InChI=1S/C17H33N/c1-4-7-8-10-16-14(5-2)13-15(6-3)17-11-9-12-18(16)17/h14-17H,4-13H2,1-3H3/t14?,15?,16?,17-/m1/s1. The van der Waals surface area contributed by atoms with E-state index in [-0.39, 0.29) is 0 Å². The zero-order valence-electron chi connectivity index (χ0n) is 12.8. The first kappa shape index (κ1) is 14.4. The van der Waals surface area contributed by atoms with Gasteiger partial charge in [0.1, 0.15) is 0 Å². The van der Waals surface area contributed by atoms with E-state index in [9.17, 15) is 0 Å². The highest BCUT2D eigenvalue weighted by Gasteiger charge is 2.42. The number of unbranched alkanes of at least 4 members (excludes halogenated alkanes) is 2. The molecule has 2 saturated heterocycles. The maximum absolute atomic E-state index is 2.93. The van der Waals surface area contributed by atoms with Crippen molar-refractivity contribution in [3.8, 4) is 0 Å². The van der Waals surface area contributed by atoms with Gasteiger partial charge in [-0.25, -0.2) is 0 Å². The van der Waals surface area contributed by atoms with E-state index in [1.54, 1.807) is 0 Å². The van der Waals surface area contributed by atoms with Crippen molar-refractivity contribution in [2.45, 2.75) is 90.6 Å². The molecule has 0 saturated carbocycles. The summed E-state index contributed by atoms with van der Waals surface area (Å²) in [5.74, 6) is 1.99. The normalized spacial score (nSPS) is 36.8. The number of rotatable bonds is 6. The Morgan fingerprint density at radius 1 is 1.00 bits per heavy atom. The maximum atomic E-state index is 2.93. The molecule has 18 heavy (non-hydrogen) atoms. The minimum atomic E-state index is 0.928. The summed E-state index contributed by atoms with van der Waals surface area (Å²) in [6, 6.07) is 1.88. The van der Waals surface area contributed by atoms with Crippen LogP contribution in [0.5, 0.6) is 0 Å². The Morgan fingerprint density at radius 2 is 1.78 bits per heavy atom. The summed E-state index contributed by atoms with van der Waals surface area (Å²) < 4.78 is 0. The van der Waals surface area contributed by atoms with Crippen molar-refractivity contribution in [3.05, 3.63) is 0 Å². The molecule has 0 amide bonds. The summed E-state index contributed by atoms with van der Waals surface area (Å²) >= 11 is 0. The Labute approximate surface area is 114 Å². The van der Waals surface area contributed by atoms with Crippen molar-refractivity contribution in [2.24, 2.45) is 11.8 Å². The molecule has 0 aliphatic carbocycles. The van der Waals surface area contributed by atoms with Crippen LogP contribution in [0.4, 0.5) is 0 Å². The van der Waals surface area contributed by atoms with E-state index >= 15 is 0 Å². The van der Waals surface area contributed by atoms with Crippen molar-refractivity contribution >= 4 is 0 Å². The highest BCUT2D eigenvalue weighted by molar-refractivity contribution is 4.96. The molecule has 2 rings (SSSR count). The fraction of sp³-hybridized carbons (Fsp3) is 1.00. The molecular weight excluding hydrogens is 218 g/mol. The molecule has 2 heterocycles. The van der Waals surface area contributed by atoms with Crippen LogP contribution in [-0.2, 0) is 0 Å². The van der Waals surface area contributed by atoms with Gasteiger partial charge in [-0.3, -0.25) is 4.90 Å². The molecule has 0 N–H and O–H groups in total. The van der Waals surface area contributed by atoms with Crippen LogP contribution in [0.2, 0.25) is 0 Å². The Morgan fingerprint density at radius 3 is 2.44 bits per heavy atom. The van der Waals surface area contributed by atoms with Crippen molar-refractivity contribution in [1.82, 2.24) is 4.90 Å². The molecule has 2 fully saturated rings. The summed E-state index contributed by atoms with van der Waals surface area (Å²) in [5, 5.41) is 0. The molecule has 2 aliphatic heterocycles. The van der Waals surface area contributed by atoms with Gasteiger partial charge in [0.2, 0.25) is 0 Å². The average molecular weight is 251 g/mol. The van der Waals surface area contributed by atoms with Gasteiger partial charge in [-0.05, 0) is 44.1 Å².